The number of ether oxygens (including phenoxy) is 1. The van der Waals surface area contributed by atoms with Gasteiger partial charge in [0.1, 0.15) is 5.75 Å². The van der Waals surface area contributed by atoms with Gasteiger partial charge in [-0.2, -0.15) is 0 Å². The van der Waals surface area contributed by atoms with Gasteiger partial charge in [0, 0.05) is 30.8 Å². The van der Waals surface area contributed by atoms with Gasteiger partial charge in [-0.3, -0.25) is 4.79 Å². The Balaban J connectivity index is 1.76. The number of hydrogen-bond acceptors (Lipinski definition) is 4. The van der Waals surface area contributed by atoms with Crippen molar-refractivity contribution < 1.29 is 9.53 Å². The van der Waals surface area contributed by atoms with Crippen LogP contribution < -0.4 is 15.0 Å². The molecule has 1 aliphatic rings. The van der Waals surface area contributed by atoms with E-state index in [0.29, 0.717) is 22.9 Å². The number of benzene rings is 2. The number of nitrogens with one attached hydrogen (secondary N) is 1. The van der Waals surface area contributed by atoms with Crippen LogP contribution >= 0.6 is 11.6 Å². The first-order chi connectivity index (χ1) is 12.9. The fourth-order valence-electron chi connectivity index (χ4n) is 3.53. The summed E-state index contributed by atoms with van der Waals surface area (Å²) in [5.74, 6) is 0.320. The zero-order chi connectivity index (χ0) is 19.6. The minimum Gasteiger partial charge on any atom is -0.496 e. The zero-order valence-corrected chi connectivity index (χ0v) is 17.0. The summed E-state index contributed by atoms with van der Waals surface area (Å²) in [7, 11) is 7.71. The molecule has 2 aromatic carbocycles. The Kier molecular flexibility index (Phi) is 5.92. The quantitative estimate of drug-likeness (QED) is 0.825. The number of nitrogens with zero attached hydrogens (tertiary/aromatic N) is 2. The van der Waals surface area contributed by atoms with Crippen LogP contribution in [0.15, 0.2) is 36.4 Å². The van der Waals surface area contributed by atoms with E-state index in [1.54, 1.807) is 25.3 Å². The number of likely N-dealkylation sites (N-methyl/N-ethyl adjacent to an activating group) is 2. The average Bonchev–Trinajstić information content (AvgIpc) is 3.02. The fourth-order valence-corrected chi connectivity index (χ4v) is 3.71. The minimum atomic E-state index is -0.193. The van der Waals surface area contributed by atoms with Crippen LogP contribution in [0.5, 0.6) is 5.75 Å². The normalized spacial score (nSPS) is 14.2. The first-order valence-corrected chi connectivity index (χ1v) is 9.40. The molecule has 1 atom stereocenters. The van der Waals surface area contributed by atoms with Gasteiger partial charge in [-0.05, 0) is 55.9 Å². The summed E-state index contributed by atoms with van der Waals surface area (Å²) in [6, 6.07) is 11.7. The number of halogens is 1. The number of amides is 1. The molecule has 27 heavy (non-hydrogen) atoms. The van der Waals surface area contributed by atoms with Gasteiger partial charge in [0.15, 0.2) is 0 Å². The zero-order valence-electron chi connectivity index (χ0n) is 16.3. The fraction of sp³-hybridized carbons (Fsp3) is 0.381. The van der Waals surface area contributed by atoms with E-state index in [9.17, 15) is 4.79 Å². The molecule has 0 aliphatic carbocycles. The first-order valence-electron chi connectivity index (χ1n) is 9.03. The Morgan fingerprint density at radius 2 is 2.07 bits per heavy atom. The van der Waals surface area contributed by atoms with Gasteiger partial charge < -0.3 is 19.9 Å². The third-order valence-electron chi connectivity index (χ3n) is 5.10. The van der Waals surface area contributed by atoms with E-state index in [2.05, 4.69) is 40.4 Å². The Labute approximate surface area is 165 Å². The molecule has 0 spiro atoms. The molecule has 2 aromatic rings. The second-order valence-corrected chi connectivity index (χ2v) is 7.53. The molecule has 0 unspecified atom stereocenters. The van der Waals surface area contributed by atoms with Crippen molar-refractivity contribution in [2.75, 3.05) is 46.2 Å². The Bertz CT molecular complexity index is 838. The highest BCUT2D eigenvalue weighted by atomic mass is 35.5. The van der Waals surface area contributed by atoms with Crippen LogP contribution in [0.4, 0.5) is 5.69 Å². The van der Waals surface area contributed by atoms with Gasteiger partial charge in [0.25, 0.3) is 5.91 Å². The molecule has 0 radical (unpaired) electrons. The molecular formula is C21H26ClN3O2. The second-order valence-electron chi connectivity index (χ2n) is 7.09. The largest absolute Gasteiger partial charge is 0.496 e. The third-order valence-corrected chi connectivity index (χ3v) is 5.34. The number of fused-ring (bicyclic) bond motifs is 1. The maximum absolute atomic E-state index is 12.7. The van der Waals surface area contributed by atoms with E-state index in [1.165, 1.54) is 16.8 Å². The van der Waals surface area contributed by atoms with Crippen molar-refractivity contribution in [3.8, 4) is 5.75 Å². The van der Waals surface area contributed by atoms with Crippen molar-refractivity contribution in [2.45, 2.75) is 12.5 Å². The number of hydrogen-bond donors (Lipinski definition) is 1. The molecule has 0 saturated carbocycles. The van der Waals surface area contributed by atoms with Gasteiger partial charge in [-0.1, -0.05) is 23.7 Å². The van der Waals surface area contributed by atoms with Crippen molar-refractivity contribution >= 4 is 23.2 Å². The molecule has 5 nitrogen and oxygen atoms in total. The Morgan fingerprint density at radius 3 is 2.78 bits per heavy atom. The molecular weight excluding hydrogens is 362 g/mol. The lowest BCUT2D eigenvalue weighted by Gasteiger charge is -2.26. The van der Waals surface area contributed by atoms with Gasteiger partial charge in [-0.15, -0.1) is 0 Å². The maximum Gasteiger partial charge on any atom is 0.255 e. The molecule has 1 amide bonds. The number of carbonyl (C=O) groups excluding carboxylic acids is 1. The number of methoxy groups -OCH3 is 1. The van der Waals surface area contributed by atoms with Gasteiger partial charge in [0.2, 0.25) is 0 Å². The van der Waals surface area contributed by atoms with Crippen LogP contribution in [0.25, 0.3) is 0 Å². The molecule has 6 heteroatoms. The highest BCUT2D eigenvalue weighted by molar-refractivity contribution is 6.31. The summed E-state index contributed by atoms with van der Waals surface area (Å²) in [4.78, 5) is 17.1. The molecule has 144 valence electrons. The maximum atomic E-state index is 12.7. The number of rotatable bonds is 6. The lowest BCUT2D eigenvalue weighted by molar-refractivity contribution is 0.0939. The topological polar surface area (TPSA) is 44.8 Å². The molecule has 0 bridgehead atoms. The van der Waals surface area contributed by atoms with Crippen molar-refractivity contribution in [1.29, 1.82) is 0 Å². The number of carbonyl (C=O) groups is 1. The summed E-state index contributed by atoms with van der Waals surface area (Å²) in [6.07, 6.45) is 1.06. The SMILES string of the molecule is COc1ccc(Cl)cc1C(=O)NC[C@@H](c1ccc2c(c1)CCN2C)N(C)C. The molecule has 0 fully saturated rings. The van der Waals surface area contributed by atoms with Crippen molar-refractivity contribution in [2.24, 2.45) is 0 Å². The van der Waals surface area contributed by atoms with Crippen molar-refractivity contribution in [3.63, 3.8) is 0 Å². The number of anilines is 1. The van der Waals surface area contributed by atoms with Crippen LogP contribution in [-0.4, -0.2) is 52.1 Å². The molecule has 0 saturated heterocycles. The van der Waals surface area contributed by atoms with E-state index in [4.69, 9.17) is 16.3 Å². The van der Waals surface area contributed by atoms with Gasteiger partial charge in [0.05, 0.1) is 18.7 Å². The van der Waals surface area contributed by atoms with Crippen LogP contribution in [0.2, 0.25) is 5.02 Å². The van der Waals surface area contributed by atoms with E-state index >= 15 is 0 Å². The van der Waals surface area contributed by atoms with Crippen LogP contribution in [0.3, 0.4) is 0 Å². The minimum absolute atomic E-state index is 0.0790. The summed E-state index contributed by atoms with van der Waals surface area (Å²) in [5.41, 5.74) is 4.30. The lowest BCUT2D eigenvalue weighted by Crippen LogP contribution is -2.34. The molecule has 1 N–H and O–H groups in total. The molecule has 0 aromatic heterocycles. The highest BCUT2D eigenvalue weighted by Gasteiger charge is 2.21. The summed E-state index contributed by atoms with van der Waals surface area (Å²) in [6.45, 7) is 1.55. The predicted octanol–water partition coefficient (Wildman–Crippen LogP) is 3.37. The van der Waals surface area contributed by atoms with Gasteiger partial charge in [-0.25, -0.2) is 0 Å². The van der Waals surface area contributed by atoms with E-state index in [1.807, 2.05) is 14.1 Å². The first kappa shape index (κ1) is 19.5. The van der Waals surface area contributed by atoms with Crippen molar-refractivity contribution in [3.05, 3.63) is 58.1 Å². The second kappa shape index (κ2) is 8.19. The molecule has 1 heterocycles. The van der Waals surface area contributed by atoms with E-state index in [-0.39, 0.29) is 11.9 Å². The van der Waals surface area contributed by atoms with E-state index in [0.717, 1.165) is 13.0 Å². The van der Waals surface area contributed by atoms with Crippen LogP contribution in [0, 0.1) is 0 Å². The highest BCUT2D eigenvalue weighted by Crippen LogP contribution is 2.30. The Morgan fingerprint density at radius 1 is 1.30 bits per heavy atom. The molecule has 3 rings (SSSR count). The lowest BCUT2D eigenvalue weighted by atomic mass is 10.0. The summed E-state index contributed by atoms with van der Waals surface area (Å²) >= 11 is 6.05. The average molecular weight is 388 g/mol. The van der Waals surface area contributed by atoms with Crippen molar-refractivity contribution in [1.82, 2.24) is 10.2 Å². The van der Waals surface area contributed by atoms with Gasteiger partial charge >= 0.3 is 0 Å². The summed E-state index contributed by atoms with van der Waals surface area (Å²) in [5, 5.41) is 3.53. The van der Waals surface area contributed by atoms with Crippen LogP contribution in [0.1, 0.15) is 27.5 Å². The summed E-state index contributed by atoms with van der Waals surface area (Å²) < 4.78 is 5.29. The van der Waals surface area contributed by atoms with Crippen LogP contribution in [-0.2, 0) is 6.42 Å². The third kappa shape index (κ3) is 4.20. The molecule has 1 aliphatic heterocycles. The van der Waals surface area contributed by atoms with E-state index < -0.39 is 0 Å². The standard InChI is InChI=1S/C21H26ClN3O2/c1-24(2)19(14-5-7-18-15(11-14)9-10-25(18)3)13-23-21(26)17-12-16(22)6-8-20(17)27-4/h5-8,11-12,19H,9-10,13H2,1-4H3,(H,23,26)/t19-/m0/s1. The Hall–Kier alpha value is -2.24. The predicted molar refractivity (Wildman–Crippen MR) is 110 cm³/mol. The monoisotopic (exact) mass is 387 g/mol. The smallest absolute Gasteiger partial charge is 0.255 e.